The van der Waals surface area contributed by atoms with Gasteiger partial charge in [-0.05, 0) is 0 Å². The van der Waals surface area contributed by atoms with E-state index in [1.807, 2.05) is 0 Å². The molecule has 0 bridgehead atoms. The van der Waals surface area contributed by atoms with E-state index in [-0.39, 0.29) is 12.4 Å². The number of ether oxygens (including phenoxy) is 1. The number of carbonyl (C=O) groups is 1. The molecule has 0 amide bonds. The SMILES string of the molecule is O=C1[CH]NCOC1. The molecule has 0 aromatic rings. The summed E-state index contributed by atoms with van der Waals surface area (Å²) in [5.41, 5.74) is 0. The molecule has 0 aliphatic carbocycles. The first-order valence-electron chi connectivity index (χ1n) is 2.07. The molecule has 1 N–H and O–H groups in total. The Morgan fingerprint density at radius 2 is 2.71 bits per heavy atom. The zero-order valence-corrected chi connectivity index (χ0v) is 3.81. The fraction of sp³-hybridized carbons (Fsp3) is 0.500. The van der Waals surface area contributed by atoms with Crippen LogP contribution in [0.3, 0.4) is 0 Å². The van der Waals surface area contributed by atoms with Crippen LogP contribution in [0.25, 0.3) is 0 Å². The second-order valence-corrected chi connectivity index (χ2v) is 1.31. The van der Waals surface area contributed by atoms with E-state index in [0.717, 1.165) is 0 Å². The Hall–Kier alpha value is -0.410. The predicted octanol–water partition coefficient (Wildman–Crippen LogP) is -0.705. The number of carbonyl (C=O) groups excluding carboxylic acids is 1. The number of rotatable bonds is 0. The average molecular weight is 100 g/mol. The Balaban J connectivity index is 2.25. The van der Waals surface area contributed by atoms with Crippen molar-refractivity contribution in [3.63, 3.8) is 0 Å². The Labute approximate surface area is 41.7 Å². The number of Topliss-reactive ketones (excluding diaryl/α,β-unsaturated/α-hetero) is 1. The van der Waals surface area contributed by atoms with Crippen molar-refractivity contribution in [3.05, 3.63) is 6.54 Å². The van der Waals surface area contributed by atoms with Gasteiger partial charge in [0.2, 0.25) is 0 Å². The number of hydrogen-bond acceptors (Lipinski definition) is 3. The highest BCUT2D eigenvalue weighted by Crippen LogP contribution is 1.84. The van der Waals surface area contributed by atoms with Crippen LogP contribution in [-0.4, -0.2) is 19.1 Å². The van der Waals surface area contributed by atoms with E-state index >= 15 is 0 Å². The molecule has 0 unspecified atom stereocenters. The summed E-state index contributed by atoms with van der Waals surface area (Å²) < 4.78 is 4.69. The maximum absolute atomic E-state index is 10.2. The van der Waals surface area contributed by atoms with Crippen LogP contribution in [-0.2, 0) is 9.53 Å². The molecule has 0 aromatic heterocycles. The highest BCUT2D eigenvalue weighted by molar-refractivity contribution is 5.87. The number of nitrogens with one attached hydrogen (secondary N) is 1. The summed E-state index contributed by atoms with van der Waals surface area (Å²) in [6.45, 7) is 2.11. The van der Waals surface area contributed by atoms with Gasteiger partial charge < -0.3 is 4.74 Å². The number of hydrogen-bond donors (Lipinski definition) is 1. The predicted molar refractivity (Wildman–Crippen MR) is 23.3 cm³/mol. The Bertz CT molecular complexity index is 73.8. The minimum absolute atomic E-state index is 0.00579. The second kappa shape index (κ2) is 2.04. The van der Waals surface area contributed by atoms with Crippen molar-refractivity contribution < 1.29 is 9.53 Å². The first kappa shape index (κ1) is 4.74. The van der Waals surface area contributed by atoms with E-state index in [1.165, 1.54) is 6.54 Å². The lowest BCUT2D eigenvalue weighted by Crippen LogP contribution is -2.30. The minimum atomic E-state index is 0.00579. The molecule has 3 heteroatoms. The molecular weight excluding hydrogens is 94.0 g/mol. The molecule has 0 aromatic carbocycles. The van der Waals surface area contributed by atoms with Gasteiger partial charge in [-0.15, -0.1) is 0 Å². The van der Waals surface area contributed by atoms with Crippen molar-refractivity contribution >= 4 is 5.78 Å². The molecule has 1 radical (unpaired) electrons. The monoisotopic (exact) mass is 100 g/mol. The van der Waals surface area contributed by atoms with Crippen LogP contribution < -0.4 is 5.32 Å². The molecule has 0 saturated carbocycles. The fourth-order valence-electron chi connectivity index (χ4n) is 0.408. The van der Waals surface area contributed by atoms with E-state index < -0.39 is 0 Å². The maximum atomic E-state index is 10.2. The average Bonchev–Trinajstić information content (AvgIpc) is 1.69. The van der Waals surface area contributed by atoms with Gasteiger partial charge >= 0.3 is 0 Å². The topological polar surface area (TPSA) is 38.3 Å². The summed E-state index contributed by atoms with van der Waals surface area (Å²) in [6.07, 6.45) is 0. The molecule has 1 rings (SSSR count). The molecule has 1 fully saturated rings. The summed E-state index contributed by atoms with van der Waals surface area (Å²) >= 11 is 0. The van der Waals surface area contributed by atoms with E-state index in [2.05, 4.69) is 10.1 Å². The van der Waals surface area contributed by atoms with Gasteiger partial charge in [0.05, 0.1) is 13.3 Å². The first-order chi connectivity index (χ1) is 3.39. The van der Waals surface area contributed by atoms with E-state index in [9.17, 15) is 4.79 Å². The van der Waals surface area contributed by atoms with Gasteiger partial charge in [0.1, 0.15) is 6.61 Å². The molecule has 1 saturated heterocycles. The number of ketones is 1. The van der Waals surface area contributed by atoms with E-state index in [1.54, 1.807) is 0 Å². The van der Waals surface area contributed by atoms with Gasteiger partial charge in [-0.1, -0.05) is 0 Å². The Kier molecular flexibility index (Phi) is 1.38. The van der Waals surface area contributed by atoms with Crippen molar-refractivity contribution in [2.24, 2.45) is 0 Å². The summed E-state index contributed by atoms with van der Waals surface area (Å²) in [6, 6.07) is 0. The maximum Gasteiger partial charge on any atom is 0.177 e. The molecule has 3 nitrogen and oxygen atoms in total. The smallest absolute Gasteiger partial charge is 0.177 e. The Morgan fingerprint density at radius 3 is 3.00 bits per heavy atom. The van der Waals surface area contributed by atoms with Gasteiger partial charge in [0.15, 0.2) is 5.78 Å². The lowest BCUT2D eigenvalue weighted by Gasteiger charge is -2.08. The Morgan fingerprint density at radius 1 is 1.86 bits per heavy atom. The van der Waals surface area contributed by atoms with Crippen molar-refractivity contribution in [1.82, 2.24) is 5.32 Å². The third kappa shape index (κ3) is 1.25. The van der Waals surface area contributed by atoms with Gasteiger partial charge in [0.25, 0.3) is 0 Å². The van der Waals surface area contributed by atoms with Crippen LogP contribution in [0.5, 0.6) is 0 Å². The van der Waals surface area contributed by atoms with Gasteiger partial charge in [0, 0.05) is 0 Å². The van der Waals surface area contributed by atoms with Crippen LogP contribution in [0.1, 0.15) is 0 Å². The van der Waals surface area contributed by atoms with Gasteiger partial charge in [-0.2, -0.15) is 0 Å². The van der Waals surface area contributed by atoms with Crippen LogP contribution in [0.15, 0.2) is 0 Å². The van der Waals surface area contributed by atoms with E-state index in [4.69, 9.17) is 0 Å². The molecular formula is C4H6NO2. The molecule has 1 aliphatic heterocycles. The standard InChI is InChI=1S/C4H6NO2/c6-4-1-5-3-7-2-4/h1,5H,2-3H2. The molecule has 0 spiro atoms. The van der Waals surface area contributed by atoms with Crippen LogP contribution >= 0.6 is 0 Å². The van der Waals surface area contributed by atoms with Crippen molar-refractivity contribution in [3.8, 4) is 0 Å². The first-order valence-corrected chi connectivity index (χ1v) is 2.07. The fourth-order valence-corrected chi connectivity index (χ4v) is 0.408. The van der Waals surface area contributed by atoms with Crippen molar-refractivity contribution in [2.45, 2.75) is 0 Å². The van der Waals surface area contributed by atoms with Crippen molar-refractivity contribution in [2.75, 3.05) is 13.3 Å². The summed E-state index contributed by atoms with van der Waals surface area (Å²) in [7, 11) is 0. The second-order valence-electron chi connectivity index (χ2n) is 1.31. The molecule has 1 aliphatic rings. The third-order valence-electron chi connectivity index (χ3n) is 0.693. The quantitative estimate of drug-likeness (QED) is 0.437. The summed E-state index contributed by atoms with van der Waals surface area (Å²) in [5.74, 6) is 0.00579. The van der Waals surface area contributed by atoms with Gasteiger partial charge in [-0.25, -0.2) is 0 Å². The highest BCUT2D eigenvalue weighted by Gasteiger charge is 2.05. The normalized spacial score (nSPS) is 22.6. The van der Waals surface area contributed by atoms with Crippen molar-refractivity contribution in [1.29, 1.82) is 0 Å². The molecule has 7 heavy (non-hydrogen) atoms. The largest absolute Gasteiger partial charge is 0.358 e. The third-order valence-corrected chi connectivity index (χ3v) is 0.693. The van der Waals surface area contributed by atoms with Crippen LogP contribution in [0.4, 0.5) is 0 Å². The summed E-state index contributed by atoms with van der Waals surface area (Å²) in [5, 5.41) is 2.64. The van der Waals surface area contributed by atoms with Crippen LogP contribution in [0, 0.1) is 6.54 Å². The van der Waals surface area contributed by atoms with E-state index in [0.29, 0.717) is 6.73 Å². The van der Waals surface area contributed by atoms with Gasteiger partial charge in [-0.3, -0.25) is 10.1 Å². The zero-order valence-electron chi connectivity index (χ0n) is 3.81. The molecule has 0 atom stereocenters. The molecule has 1 heterocycles. The summed E-state index contributed by atoms with van der Waals surface area (Å²) in [4.78, 5) is 10.2. The lowest BCUT2D eigenvalue weighted by atomic mass is 10.4. The van der Waals surface area contributed by atoms with Crippen LogP contribution in [0.2, 0.25) is 0 Å². The zero-order chi connectivity index (χ0) is 5.11. The lowest BCUT2D eigenvalue weighted by molar-refractivity contribution is -0.123. The minimum Gasteiger partial charge on any atom is -0.358 e. The highest BCUT2D eigenvalue weighted by atomic mass is 16.5. The molecule has 39 valence electrons.